The van der Waals surface area contributed by atoms with E-state index in [0.29, 0.717) is 22.7 Å². The van der Waals surface area contributed by atoms with E-state index in [1.165, 1.54) is 51.0 Å². The quantitative estimate of drug-likeness (QED) is 0.222. The highest BCUT2D eigenvalue weighted by atomic mass is 35.5. The molecule has 0 aliphatic carbocycles. The van der Waals surface area contributed by atoms with Gasteiger partial charge in [0.25, 0.3) is 0 Å². The minimum absolute atomic E-state index is 0.105. The minimum Gasteiger partial charge on any atom is -0.507 e. The van der Waals surface area contributed by atoms with Gasteiger partial charge in [0.15, 0.2) is 0 Å². The Morgan fingerprint density at radius 3 is 2.18 bits per heavy atom. The summed E-state index contributed by atoms with van der Waals surface area (Å²) in [6, 6.07) is 4.78. The van der Waals surface area contributed by atoms with E-state index in [1.54, 1.807) is 12.1 Å². The van der Waals surface area contributed by atoms with Crippen LogP contribution in [0.1, 0.15) is 76.7 Å². The molecule has 0 aliphatic heterocycles. The summed E-state index contributed by atoms with van der Waals surface area (Å²) in [6.45, 7) is 2.23. The maximum Gasteiger partial charge on any atom is 0.124 e. The number of aromatic hydroxyl groups is 1. The standard InChI is InChI=1S/C18H28ClNO2/c1-2-3-4-5-6-7-8-9-10-11-17(20-22)16-14-15(19)12-13-18(16)21/h12-14,21-22H,2-11H2,1H3/b20-17-. The van der Waals surface area contributed by atoms with Gasteiger partial charge in [0.05, 0.1) is 5.71 Å². The maximum absolute atomic E-state index is 9.83. The Morgan fingerprint density at radius 1 is 1.00 bits per heavy atom. The highest BCUT2D eigenvalue weighted by Gasteiger charge is 2.10. The summed E-state index contributed by atoms with van der Waals surface area (Å²) in [5.41, 5.74) is 1.03. The second kappa shape index (κ2) is 11.4. The first-order chi connectivity index (χ1) is 10.7. The summed E-state index contributed by atoms with van der Waals surface area (Å²) >= 11 is 5.92. The second-order valence-electron chi connectivity index (χ2n) is 5.79. The highest BCUT2D eigenvalue weighted by molar-refractivity contribution is 6.31. The fraction of sp³-hybridized carbons (Fsp3) is 0.611. The van der Waals surface area contributed by atoms with Crippen molar-refractivity contribution in [1.82, 2.24) is 0 Å². The maximum atomic E-state index is 9.83. The van der Waals surface area contributed by atoms with E-state index in [9.17, 15) is 5.11 Å². The van der Waals surface area contributed by atoms with Crippen LogP contribution in [0, 0.1) is 0 Å². The SMILES string of the molecule is CCCCCCCCCCC/C(=N/O)c1cc(Cl)ccc1O. The van der Waals surface area contributed by atoms with Crippen LogP contribution in [-0.4, -0.2) is 16.0 Å². The molecule has 0 atom stereocenters. The number of halogens is 1. The number of unbranched alkanes of at least 4 members (excludes halogenated alkanes) is 8. The van der Waals surface area contributed by atoms with Crippen LogP contribution >= 0.6 is 11.6 Å². The predicted octanol–water partition coefficient (Wildman–Crippen LogP) is 6.14. The first-order valence-electron chi connectivity index (χ1n) is 8.38. The number of phenols is 1. The molecule has 0 heterocycles. The largest absolute Gasteiger partial charge is 0.507 e. The molecule has 0 bridgehead atoms. The Kier molecular flexibility index (Phi) is 9.72. The Bertz CT molecular complexity index is 460. The molecular formula is C18H28ClNO2. The normalized spacial score (nSPS) is 11.8. The summed E-state index contributed by atoms with van der Waals surface area (Å²) < 4.78 is 0. The summed E-state index contributed by atoms with van der Waals surface area (Å²) in [6.07, 6.45) is 11.9. The number of hydrogen-bond donors (Lipinski definition) is 2. The van der Waals surface area contributed by atoms with E-state index in [1.807, 2.05) is 0 Å². The van der Waals surface area contributed by atoms with Crippen molar-refractivity contribution in [3.8, 4) is 5.75 Å². The van der Waals surface area contributed by atoms with Crippen molar-refractivity contribution >= 4 is 17.3 Å². The second-order valence-corrected chi connectivity index (χ2v) is 6.22. The predicted molar refractivity (Wildman–Crippen MR) is 93.3 cm³/mol. The van der Waals surface area contributed by atoms with E-state index >= 15 is 0 Å². The molecule has 0 saturated heterocycles. The van der Waals surface area contributed by atoms with E-state index in [0.717, 1.165) is 12.8 Å². The zero-order chi connectivity index (χ0) is 16.2. The van der Waals surface area contributed by atoms with E-state index in [-0.39, 0.29) is 5.75 Å². The van der Waals surface area contributed by atoms with Crippen LogP contribution in [-0.2, 0) is 0 Å². The van der Waals surface area contributed by atoms with Crippen LogP contribution in [0.25, 0.3) is 0 Å². The fourth-order valence-corrected chi connectivity index (χ4v) is 2.75. The average Bonchev–Trinajstić information content (AvgIpc) is 2.52. The molecule has 1 rings (SSSR count). The van der Waals surface area contributed by atoms with Crippen molar-refractivity contribution in [2.45, 2.75) is 71.1 Å². The van der Waals surface area contributed by atoms with Crippen molar-refractivity contribution in [1.29, 1.82) is 0 Å². The van der Waals surface area contributed by atoms with Crippen molar-refractivity contribution in [3.63, 3.8) is 0 Å². The topological polar surface area (TPSA) is 52.8 Å². The van der Waals surface area contributed by atoms with E-state index in [2.05, 4.69) is 12.1 Å². The van der Waals surface area contributed by atoms with Crippen molar-refractivity contribution in [3.05, 3.63) is 28.8 Å². The third-order valence-electron chi connectivity index (χ3n) is 3.91. The highest BCUT2D eigenvalue weighted by Crippen LogP contribution is 2.24. The van der Waals surface area contributed by atoms with Crippen LogP contribution in [0.3, 0.4) is 0 Å². The molecule has 0 fully saturated rings. The first-order valence-corrected chi connectivity index (χ1v) is 8.76. The molecule has 1 aromatic rings. The number of phenolic OH excluding ortho intramolecular Hbond substituents is 1. The molecule has 3 nitrogen and oxygen atoms in total. The van der Waals surface area contributed by atoms with Gasteiger partial charge in [-0.3, -0.25) is 0 Å². The van der Waals surface area contributed by atoms with Crippen molar-refractivity contribution in [2.24, 2.45) is 5.16 Å². The van der Waals surface area contributed by atoms with Gasteiger partial charge in [-0.1, -0.05) is 75.0 Å². The van der Waals surface area contributed by atoms with Gasteiger partial charge in [0, 0.05) is 10.6 Å². The van der Waals surface area contributed by atoms with Gasteiger partial charge < -0.3 is 10.3 Å². The van der Waals surface area contributed by atoms with Gasteiger partial charge in [-0.15, -0.1) is 0 Å². The van der Waals surface area contributed by atoms with E-state index in [4.69, 9.17) is 16.8 Å². The smallest absolute Gasteiger partial charge is 0.124 e. The molecule has 0 amide bonds. The summed E-state index contributed by atoms with van der Waals surface area (Å²) in [7, 11) is 0. The molecule has 4 heteroatoms. The third-order valence-corrected chi connectivity index (χ3v) is 4.14. The summed E-state index contributed by atoms with van der Waals surface area (Å²) in [5.74, 6) is 0.105. The number of benzene rings is 1. The van der Waals surface area contributed by atoms with Gasteiger partial charge in [-0.25, -0.2) is 0 Å². The summed E-state index contributed by atoms with van der Waals surface area (Å²) in [4.78, 5) is 0. The lowest BCUT2D eigenvalue weighted by Crippen LogP contribution is -2.01. The molecule has 0 spiro atoms. The number of hydrogen-bond acceptors (Lipinski definition) is 3. The first kappa shape index (κ1) is 18.8. The number of rotatable bonds is 11. The average molecular weight is 326 g/mol. The van der Waals surface area contributed by atoms with Gasteiger partial charge >= 0.3 is 0 Å². The van der Waals surface area contributed by atoms with Crippen LogP contribution in [0.2, 0.25) is 5.02 Å². The van der Waals surface area contributed by atoms with Gasteiger partial charge in [-0.05, 0) is 31.0 Å². The fourth-order valence-electron chi connectivity index (χ4n) is 2.58. The molecular weight excluding hydrogens is 298 g/mol. The van der Waals surface area contributed by atoms with Crippen molar-refractivity contribution in [2.75, 3.05) is 0 Å². The summed E-state index contributed by atoms with van der Waals surface area (Å²) in [5, 5.41) is 22.8. The van der Waals surface area contributed by atoms with Crippen LogP contribution in [0.15, 0.2) is 23.4 Å². The Hall–Kier alpha value is -1.22. The Balaban J connectivity index is 2.24. The third kappa shape index (κ3) is 7.17. The Morgan fingerprint density at radius 2 is 1.59 bits per heavy atom. The molecule has 22 heavy (non-hydrogen) atoms. The Labute approximate surface area is 139 Å². The molecule has 0 aliphatic rings. The molecule has 2 N–H and O–H groups in total. The van der Waals surface area contributed by atoms with E-state index < -0.39 is 0 Å². The molecule has 1 aromatic carbocycles. The van der Waals surface area contributed by atoms with Gasteiger partial charge in [0.1, 0.15) is 5.75 Å². The zero-order valence-electron chi connectivity index (χ0n) is 13.5. The molecule has 124 valence electrons. The monoisotopic (exact) mass is 325 g/mol. The lowest BCUT2D eigenvalue weighted by atomic mass is 10.0. The van der Waals surface area contributed by atoms with Crippen LogP contribution in [0.5, 0.6) is 5.75 Å². The minimum atomic E-state index is 0.105. The molecule has 0 saturated carbocycles. The zero-order valence-corrected chi connectivity index (χ0v) is 14.3. The lowest BCUT2D eigenvalue weighted by molar-refractivity contribution is 0.317. The number of oxime groups is 1. The molecule has 0 aromatic heterocycles. The number of nitrogens with zero attached hydrogens (tertiary/aromatic N) is 1. The van der Waals surface area contributed by atoms with Gasteiger partial charge in [-0.2, -0.15) is 0 Å². The molecule has 0 unspecified atom stereocenters. The van der Waals surface area contributed by atoms with Crippen LogP contribution < -0.4 is 0 Å². The van der Waals surface area contributed by atoms with Crippen LogP contribution in [0.4, 0.5) is 0 Å². The van der Waals surface area contributed by atoms with Crippen molar-refractivity contribution < 1.29 is 10.3 Å². The lowest BCUT2D eigenvalue weighted by Gasteiger charge is -2.07. The van der Waals surface area contributed by atoms with Gasteiger partial charge in [0.2, 0.25) is 0 Å². The molecule has 0 radical (unpaired) electrons.